The van der Waals surface area contributed by atoms with Crippen LogP contribution in [0.25, 0.3) is 0 Å². The van der Waals surface area contributed by atoms with Gasteiger partial charge in [0.2, 0.25) is 0 Å². The molecular weight excluding hydrogens is 224 g/mol. The average molecular weight is 254 g/mol. The van der Waals surface area contributed by atoms with Gasteiger partial charge < -0.3 is 9.84 Å². The van der Waals surface area contributed by atoms with Gasteiger partial charge >= 0.3 is 0 Å². The van der Waals surface area contributed by atoms with E-state index in [1.807, 2.05) is 0 Å². The van der Waals surface area contributed by atoms with Crippen LogP contribution in [0.2, 0.25) is 0 Å². The van der Waals surface area contributed by atoms with Crippen molar-refractivity contribution in [3.63, 3.8) is 0 Å². The highest BCUT2D eigenvalue weighted by Gasteiger charge is 2.35. The average Bonchev–Trinajstić information content (AvgIpc) is 2.22. The van der Waals surface area contributed by atoms with Crippen molar-refractivity contribution < 1.29 is 9.84 Å². The molecule has 0 aliphatic heterocycles. The maximum atomic E-state index is 10.1. The van der Waals surface area contributed by atoms with Crippen molar-refractivity contribution in [3.8, 4) is 0 Å². The molecule has 0 spiro atoms. The maximum Gasteiger partial charge on any atom is 0.0836 e. The highest BCUT2D eigenvalue weighted by molar-refractivity contribution is 4.86. The topological polar surface area (TPSA) is 29.5 Å². The summed E-state index contributed by atoms with van der Waals surface area (Å²) >= 11 is 0. The normalized spacial score (nSPS) is 34.3. The molecule has 0 saturated heterocycles. The summed E-state index contributed by atoms with van der Waals surface area (Å²) in [6.07, 6.45) is 8.33. The van der Waals surface area contributed by atoms with Gasteiger partial charge in [-0.2, -0.15) is 0 Å². The third-order valence-electron chi connectivity index (χ3n) is 5.06. The van der Waals surface area contributed by atoms with Crippen molar-refractivity contribution in [2.45, 2.75) is 77.9 Å². The van der Waals surface area contributed by atoms with Crippen LogP contribution in [0.4, 0.5) is 0 Å². The zero-order chi connectivity index (χ0) is 13.2. The molecule has 0 radical (unpaired) electrons. The van der Waals surface area contributed by atoms with Crippen molar-refractivity contribution in [3.05, 3.63) is 0 Å². The quantitative estimate of drug-likeness (QED) is 0.827. The van der Waals surface area contributed by atoms with Gasteiger partial charge in [0.25, 0.3) is 0 Å². The van der Waals surface area contributed by atoms with E-state index in [-0.39, 0.29) is 12.2 Å². The molecule has 0 heterocycles. The second-order valence-electron chi connectivity index (χ2n) is 7.44. The Bertz CT molecular complexity index is 252. The van der Waals surface area contributed by atoms with E-state index in [9.17, 15) is 5.11 Å². The molecule has 18 heavy (non-hydrogen) atoms. The van der Waals surface area contributed by atoms with E-state index in [2.05, 4.69) is 20.8 Å². The van der Waals surface area contributed by atoms with E-state index >= 15 is 0 Å². The Morgan fingerprint density at radius 3 is 2.39 bits per heavy atom. The summed E-state index contributed by atoms with van der Waals surface area (Å²) in [6, 6.07) is 0. The Morgan fingerprint density at radius 2 is 1.83 bits per heavy atom. The molecule has 0 aromatic heterocycles. The van der Waals surface area contributed by atoms with Crippen molar-refractivity contribution >= 4 is 0 Å². The molecule has 0 aromatic rings. The number of ether oxygens (including phenoxy) is 1. The summed E-state index contributed by atoms with van der Waals surface area (Å²) in [5.74, 6) is 1.60. The SMILES string of the molecule is CC(C)(C)C1CCC(O)C(OCCC2CCC2)C1. The fourth-order valence-electron chi connectivity index (χ4n) is 3.25. The van der Waals surface area contributed by atoms with Gasteiger partial charge in [0.1, 0.15) is 0 Å². The van der Waals surface area contributed by atoms with Crippen LogP contribution in [0.1, 0.15) is 65.7 Å². The number of hydrogen-bond donors (Lipinski definition) is 1. The Balaban J connectivity index is 1.74. The van der Waals surface area contributed by atoms with E-state index in [4.69, 9.17) is 4.74 Å². The van der Waals surface area contributed by atoms with E-state index in [1.165, 1.54) is 25.7 Å². The lowest BCUT2D eigenvalue weighted by molar-refractivity contribution is -0.0875. The molecule has 2 heteroatoms. The van der Waals surface area contributed by atoms with Crippen molar-refractivity contribution in [2.75, 3.05) is 6.61 Å². The Hall–Kier alpha value is -0.0800. The molecule has 0 bridgehead atoms. The molecule has 2 nitrogen and oxygen atoms in total. The fraction of sp³-hybridized carbons (Fsp3) is 1.00. The third kappa shape index (κ3) is 3.71. The molecule has 0 aromatic carbocycles. The summed E-state index contributed by atoms with van der Waals surface area (Å²) in [4.78, 5) is 0. The Kier molecular flexibility index (Phi) is 4.71. The highest BCUT2D eigenvalue weighted by atomic mass is 16.5. The second kappa shape index (κ2) is 5.92. The Morgan fingerprint density at radius 1 is 1.11 bits per heavy atom. The van der Waals surface area contributed by atoms with Crippen molar-refractivity contribution in [1.29, 1.82) is 0 Å². The zero-order valence-electron chi connectivity index (χ0n) is 12.3. The molecule has 3 atom stereocenters. The van der Waals surface area contributed by atoms with Gasteiger partial charge in [-0.3, -0.25) is 0 Å². The zero-order valence-corrected chi connectivity index (χ0v) is 12.3. The van der Waals surface area contributed by atoms with Gasteiger partial charge in [-0.05, 0) is 42.9 Å². The molecule has 1 N–H and O–H groups in total. The molecule has 2 aliphatic carbocycles. The number of aliphatic hydroxyl groups excluding tert-OH is 1. The highest BCUT2D eigenvalue weighted by Crippen LogP contribution is 2.39. The molecule has 2 aliphatic rings. The van der Waals surface area contributed by atoms with Gasteiger partial charge in [0.15, 0.2) is 0 Å². The van der Waals surface area contributed by atoms with Crippen LogP contribution >= 0.6 is 0 Å². The van der Waals surface area contributed by atoms with Crippen LogP contribution in [0.5, 0.6) is 0 Å². The minimum Gasteiger partial charge on any atom is -0.390 e. The molecular formula is C16H30O2. The maximum absolute atomic E-state index is 10.1. The van der Waals surface area contributed by atoms with Crippen LogP contribution in [0.3, 0.4) is 0 Å². The minimum atomic E-state index is -0.231. The number of aliphatic hydroxyl groups is 1. The lowest BCUT2D eigenvalue weighted by Crippen LogP contribution is -2.40. The number of hydrogen-bond acceptors (Lipinski definition) is 2. The molecule has 3 unspecified atom stereocenters. The molecule has 2 saturated carbocycles. The first-order chi connectivity index (χ1) is 8.47. The summed E-state index contributed by atoms with van der Waals surface area (Å²) in [7, 11) is 0. The molecule has 0 amide bonds. The lowest BCUT2D eigenvalue weighted by atomic mass is 9.71. The number of rotatable bonds is 4. The van der Waals surface area contributed by atoms with Gasteiger partial charge in [-0.25, -0.2) is 0 Å². The predicted molar refractivity (Wildman–Crippen MR) is 74.5 cm³/mol. The van der Waals surface area contributed by atoms with E-state index in [0.29, 0.717) is 11.3 Å². The van der Waals surface area contributed by atoms with E-state index < -0.39 is 0 Å². The van der Waals surface area contributed by atoms with Crippen LogP contribution in [0.15, 0.2) is 0 Å². The van der Waals surface area contributed by atoms with Crippen molar-refractivity contribution in [1.82, 2.24) is 0 Å². The van der Waals surface area contributed by atoms with Crippen molar-refractivity contribution in [2.24, 2.45) is 17.3 Å². The third-order valence-corrected chi connectivity index (χ3v) is 5.06. The van der Waals surface area contributed by atoms with Gasteiger partial charge in [0, 0.05) is 6.61 Å². The fourth-order valence-corrected chi connectivity index (χ4v) is 3.25. The Labute approximate surface area is 112 Å². The second-order valence-corrected chi connectivity index (χ2v) is 7.44. The smallest absolute Gasteiger partial charge is 0.0836 e. The summed E-state index contributed by atoms with van der Waals surface area (Å²) in [5.41, 5.74) is 0.343. The molecule has 2 fully saturated rings. The van der Waals surface area contributed by atoms with E-state index in [0.717, 1.165) is 31.8 Å². The standard InChI is InChI=1S/C16H30O2/c1-16(2,3)13-7-8-14(17)15(11-13)18-10-9-12-5-4-6-12/h12-15,17H,4-11H2,1-3H3. The summed E-state index contributed by atoms with van der Waals surface area (Å²) < 4.78 is 5.98. The molecule has 2 rings (SSSR count). The first-order valence-electron chi connectivity index (χ1n) is 7.76. The predicted octanol–water partition coefficient (Wildman–Crippen LogP) is 3.77. The molecule has 106 valence electrons. The summed E-state index contributed by atoms with van der Waals surface area (Å²) in [6.45, 7) is 7.77. The monoisotopic (exact) mass is 254 g/mol. The van der Waals surface area contributed by atoms with Crippen LogP contribution in [-0.2, 0) is 4.74 Å². The van der Waals surface area contributed by atoms with Crippen LogP contribution in [0, 0.1) is 17.3 Å². The summed E-state index contributed by atoms with van der Waals surface area (Å²) in [5, 5.41) is 10.1. The van der Waals surface area contributed by atoms with Gasteiger partial charge in [-0.1, -0.05) is 40.0 Å². The van der Waals surface area contributed by atoms with E-state index in [1.54, 1.807) is 0 Å². The lowest BCUT2D eigenvalue weighted by Gasteiger charge is -2.40. The van der Waals surface area contributed by atoms with Crippen LogP contribution < -0.4 is 0 Å². The largest absolute Gasteiger partial charge is 0.390 e. The first-order valence-corrected chi connectivity index (χ1v) is 7.76. The van der Waals surface area contributed by atoms with Gasteiger partial charge in [-0.15, -0.1) is 0 Å². The minimum absolute atomic E-state index is 0.0862. The van der Waals surface area contributed by atoms with Crippen LogP contribution in [-0.4, -0.2) is 23.9 Å². The van der Waals surface area contributed by atoms with Gasteiger partial charge in [0.05, 0.1) is 12.2 Å². The first kappa shape index (κ1) is 14.3.